The third-order valence-corrected chi connectivity index (χ3v) is 7.90. The highest BCUT2D eigenvalue weighted by molar-refractivity contribution is 7.21. The lowest BCUT2D eigenvalue weighted by molar-refractivity contribution is -0.162. The van der Waals surface area contributed by atoms with Crippen molar-refractivity contribution in [2.24, 2.45) is 5.41 Å². The number of carbonyl (C=O) groups excluding carboxylic acids is 1. The van der Waals surface area contributed by atoms with E-state index >= 15 is 8.78 Å². The van der Waals surface area contributed by atoms with E-state index in [-0.39, 0.29) is 29.6 Å². The highest BCUT2D eigenvalue weighted by Crippen LogP contribution is 2.45. The van der Waals surface area contributed by atoms with Crippen molar-refractivity contribution in [1.29, 1.82) is 0 Å². The second kappa shape index (κ2) is 8.03. The van der Waals surface area contributed by atoms with Gasteiger partial charge in [0.15, 0.2) is 0 Å². The van der Waals surface area contributed by atoms with Gasteiger partial charge in [0, 0.05) is 18.7 Å². The Hall–Kier alpha value is -3.49. The summed E-state index contributed by atoms with van der Waals surface area (Å²) in [4.78, 5) is 22.3. The van der Waals surface area contributed by atoms with Gasteiger partial charge in [0.05, 0.1) is 18.2 Å². The van der Waals surface area contributed by atoms with Crippen molar-refractivity contribution in [1.82, 2.24) is 15.3 Å². The van der Waals surface area contributed by atoms with Crippen LogP contribution in [-0.2, 0) is 14.9 Å². The summed E-state index contributed by atoms with van der Waals surface area (Å²) in [6.45, 7) is 0.296. The van der Waals surface area contributed by atoms with Gasteiger partial charge in [-0.25, -0.2) is 18.7 Å². The largest absolute Gasteiger partial charge is 0.468 e. The normalized spacial score (nSPS) is 18.1. The Kier molecular flexibility index (Phi) is 5.05. The van der Waals surface area contributed by atoms with Crippen LogP contribution >= 0.6 is 11.3 Å². The molecular formula is C27H21F2N3O2S. The predicted octanol–water partition coefficient (Wildman–Crippen LogP) is 5.13. The van der Waals surface area contributed by atoms with Crippen LogP contribution < -0.4 is 5.32 Å². The van der Waals surface area contributed by atoms with Crippen LogP contribution in [0.5, 0.6) is 0 Å². The molecule has 8 heteroatoms. The molecule has 1 saturated heterocycles. The maximum atomic E-state index is 15.3. The quantitative estimate of drug-likeness (QED) is 0.301. The summed E-state index contributed by atoms with van der Waals surface area (Å²) in [5, 5.41) is 3.38. The number of pyridine rings is 1. The molecule has 2 aromatic carbocycles. The molecule has 0 saturated carbocycles. The Bertz CT molecular complexity index is 1470. The van der Waals surface area contributed by atoms with Gasteiger partial charge in [0.2, 0.25) is 0 Å². The predicted molar refractivity (Wildman–Crippen MR) is 130 cm³/mol. The molecule has 3 heterocycles. The van der Waals surface area contributed by atoms with Gasteiger partial charge in [-0.1, -0.05) is 59.9 Å². The van der Waals surface area contributed by atoms with Crippen LogP contribution in [0.3, 0.4) is 0 Å². The molecule has 176 valence electrons. The van der Waals surface area contributed by atoms with Gasteiger partial charge in [-0.3, -0.25) is 4.79 Å². The first-order chi connectivity index (χ1) is 17.0. The molecule has 6 rings (SSSR count). The number of hydrogen-bond donors (Lipinski definition) is 1. The summed E-state index contributed by atoms with van der Waals surface area (Å²) in [7, 11) is 1.23. The van der Waals surface area contributed by atoms with Crippen molar-refractivity contribution in [3.8, 4) is 10.6 Å². The molecule has 5 nitrogen and oxygen atoms in total. The first kappa shape index (κ1) is 22.0. The Morgan fingerprint density at radius 2 is 1.86 bits per heavy atom. The van der Waals surface area contributed by atoms with E-state index in [9.17, 15) is 4.79 Å². The Labute approximate surface area is 204 Å². The van der Waals surface area contributed by atoms with E-state index in [0.717, 1.165) is 17.3 Å². The van der Waals surface area contributed by atoms with Crippen LogP contribution in [0.4, 0.5) is 8.78 Å². The monoisotopic (exact) mass is 489 g/mol. The zero-order valence-corrected chi connectivity index (χ0v) is 19.6. The van der Waals surface area contributed by atoms with Crippen molar-refractivity contribution in [3.05, 3.63) is 95.5 Å². The van der Waals surface area contributed by atoms with Crippen molar-refractivity contribution >= 4 is 27.7 Å². The van der Waals surface area contributed by atoms with Crippen LogP contribution in [0.25, 0.3) is 20.9 Å². The first-order valence-corrected chi connectivity index (χ1v) is 12.1. The van der Waals surface area contributed by atoms with Crippen molar-refractivity contribution in [3.63, 3.8) is 0 Å². The fraction of sp³-hybridized carbons (Fsp3) is 0.222. The number of methoxy groups -OCH3 is 1. The smallest absolute Gasteiger partial charge is 0.317 e. The topological polar surface area (TPSA) is 64.1 Å². The molecule has 4 aromatic rings. The molecule has 1 N–H and O–H groups in total. The second-order valence-corrected chi connectivity index (χ2v) is 9.94. The van der Waals surface area contributed by atoms with Gasteiger partial charge in [0.25, 0.3) is 0 Å². The second-order valence-electron chi connectivity index (χ2n) is 8.96. The maximum Gasteiger partial charge on any atom is 0.317 e. The number of alkyl halides is 1. The van der Waals surface area contributed by atoms with E-state index in [2.05, 4.69) is 34.6 Å². The Morgan fingerprint density at radius 1 is 1.09 bits per heavy atom. The fourth-order valence-electron chi connectivity index (χ4n) is 4.68. The van der Waals surface area contributed by atoms with E-state index in [0.29, 0.717) is 15.4 Å². The number of hydrogen-bond acceptors (Lipinski definition) is 6. The molecular weight excluding hydrogens is 468 g/mol. The van der Waals surface area contributed by atoms with Crippen molar-refractivity contribution < 1.29 is 18.3 Å². The van der Waals surface area contributed by atoms with Crippen LogP contribution in [0.1, 0.15) is 23.0 Å². The number of nitrogens with one attached hydrogen (secondary N) is 1. The average Bonchev–Trinajstić information content (AvgIpc) is 3.56. The molecule has 1 atom stereocenters. The number of rotatable bonds is 6. The number of aromatic nitrogens is 2. The number of allylic oxidation sites excluding steroid dienone is 2. The zero-order valence-electron chi connectivity index (χ0n) is 18.8. The number of fused-ring (bicyclic) bond motifs is 1. The third kappa shape index (κ3) is 3.39. The minimum atomic E-state index is -1.68. The molecule has 2 aromatic heterocycles. The van der Waals surface area contributed by atoms with Gasteiger partial charge in [-0.05, 0) is 35.4 Å². The minimum absolute atomic E-state index is 0.101. The summed E-state index contributed by atoms with van der Waals surface area (Å²) >= 11 is 1.29. The van der Waals surface area contributed by atoms with E-state index in [1.165, 1.54) is 30.6 Å². The highest BCUT2D eigenvalue weighted by atomic mass is 32.1. The van der Waals surface area contributed by atoms with Crippen molar-refractivity contribution in [2.75, 3.05) is 20.2 Å². The molecule has 1 fully saturated rings. The summed E-state index contributed by atoms with van der Waals surface area (Å²) in [6.07, 6.45) is 2.55. The van der Waals surface area contributed by atoms with Crippen LogP contribution in [0.2, 0.25) is 0 Å². The van der Waals surface area contributed by atoms with E-state index in [1.807, 2.05) is 30.3 Å². The number of nitrogens with zero attached hydrogens (tertiary/aromatic N) is 2. The molecule has 1 unspecified atom stereocenters. The van der Waals surface area contributed by atoms with Gasteiger partial charge < -0.3 is 10.1 Å². The lowest BCUT2D eigenvalue weighted by atomic mass is 9.74. The number of esters is 1. The summed E-state index contributed by atoms with van der Waals surface area (Å²) < 4.78 is 35.3. The number of carbonyl (C=O) groups is 1. The molecule has 0 bridgehead atoms. The van der Waals surface area contributed by atoms with Gasteiger partial charge in [-0.2, -0.15) is 0 Å². The van der Waals surface area contributed by atoms with Gasteiger partial charge in [-0.15, -0.1) is 0 Å². The van der Waals surface area contributed by atoms with E-state index in [1.54, 1.807) is 0 Å². The Balaban J connectivity index is 1.31. The molecule has 0 amide bonds. The average molecular weight is 490 g/mol. The molecule has 1 aliphatic heterocycles. The third-order valence-electron chi connectivity index (χ3n) is 6.91. The summed E-state index contributed by atoms with van der Waals surface area (Å²) in [5.41, 5.74) is 1.44. The molecule has 0 spiro atoms. The zero-order chi connectivity index (χ0) is 24.2. The van der Waals surface area contributed by atoms with Gasteiger partial charge in [0.1, 0.15) is 32.8 Å². The molecule has 35 heavy (non-hydrogen) atoms. The number of benzene rings is 2. The van der Waals surface area contributed by atoms with Gasteiger partial charge >= 0.3 is 5.97 Å². The fourth-order valence-corrected chi connectivity index (χ4v) is 5.64. The Morgan fingerprint density at radius 3 is 2.49 bits per heavy atom. The van der Waals surface area contributed by atoms with Crippen LogP contribution in [0.15, 0.2) is 72.8 Å². The standard InChI is InChI=1S/C27H21F2N3O2S/c1-34-25(33)27(14-30-15-27)22(29)16-7-8-18(19(28)13-16)23-31-20-9-10-21(32-24(20)35-23)26(11-12-26)17-5-3-2-4-6-17/h2-13,22,30H,14-15H2,1H3. The number of ether oxygens (including phenoxy) is 1. The number of halogens is 2. The first-order valence-electron chi connectivity index (χ1n) is 11.2. The van der Waals surface area contributed by atoms with Crippen LogP contribution in [0, 0.1) is 11.2 Å². The molecule has 1 aliphatic carbocycles. The molecule has 2 aliphatic rings. The van der Waals surface area contributed by atoms with E-state index < -0.39 is 23.4 Å². The maximum absolute atomic E-state index is 15.3. The number of thiazole rings is 1. The molecule has 0 radical (unpaired) electrons. The SMILES string of the molecule is COC(=O)C1(C(F)c2ccc(-c3nc4ccc(C5(c6ccccc6)C=C5)nc4s3)c(F)c2)CNC1. The van der Waals surface area contributed by atoms with Crippen molar-refractivity contribution in [2.45, 2.75) is 11.6 Å². The van der Waals surface area contributed by atoms with Crippen LogP contribution in [-0.4, -0.2) is 36.1 Å². The summed E-state index contributed by atoms with van der Waals surface area (Å²) in [5.74, 6) is -1.24. The lowest BCUT2D eigenvalue weighted by Gasteiger charge is -2.42. The minimum Gasteiger partial charge on any atom is -0.468 e. The highest BCUT2D eigenvalue weighted by Gasteiger charge is 2.53. The summed E-state index contributed by atoms with van der Waals surface area (Å²) in [6, 6.07) is 18.2. The lowest BCUT2D eigenvalue weighted by Crippen LogP contribution is -2.60. The van der Waals surface area contributed by atoms with E-state index in [4.69, 9.17) is 9.72 Å².